The molecule has 0 saturated carbocycles. The summed E-state index contributed by atoms with van der Waals surface area (Å²) < 4.78 is 60.9. The molecule has 0 fully saturated rings. The number of hydrogen-bond donors (Lipinski definition) is 1. The van der Waals surface area contributed by atoms with E-state index in [1.807, 2.05) is 30.3 Å². The van der Waals surface area contributed by atoms with E-state index in [1.54, 1.807) is 42.6 Å². The van der Waals surface area contributed by atoms with Crippen molar-refractivity contribution < 1.29 is 27.4 Å². The van der Waals surface area contributed by atoms with E-state index in [2.05, 4.69) is 29.0 Å². The topological polar surface area (TPSA) is 55.9 Å². The molecule has 44 heavy (non-hydrogen) atoms. The SMILES string of the molecule is CCN(CC)Cc1cc(Nc2ccnc3cc(Cl)ccc23)ccc1OCc1c(C(F)(F)F)c(OC)c2ccccc2c1OC. The van der Waals surface area contributed by atoms with Crippen LogP contribution < -0.4 is 19.5 Å². The fourth-order valence-corrected chi connectivity index (χ4v) is 5.62. The molecule has 0 saturated heterocycles. The second-order valence-electron chi connectivity index (χ2n) is 10.2. The van der Waals surface area contributed by atoms with Crippen LogP contribution in [0.25, 0.3) is 21.7 Å². The van der Waals surface area contributed by atoms with Crippen LogP contribution in [0.15, 0.2) is 72.9 Å². The van der Waals surface area contributed by atoms with E-state index >= 15 is 0 Å². The number of fused-ring (bicyclic) bond motifs is 2. The van der Waals surface area contributed by atoms with E-state index in [-0.39, 0.29) is 23.7 Å². The number of aromatic nitrogens is 1. The van der Waals surface area contributed by atoms with Crippen molar-refractivity contribution in [3.05, 3.63) is 94.6 Å². The van der Waals surface area contributed by atoms with Gasteiger partial charge in [-0.3, -0.25) is 9.88 Å². The van der Waals surface area contributed by atoms with Gasteiger partial charge in [-0.05, 0) is 55.6 Å². The Morgan fingerprint density at radius 3 is 2.23 bits per heavy atom. The van der Waals surface area contributed by atoms with Crippen molar-refractivity contribution in [2.75, 3.05) is 32.6 Å². The molecule has 0 bridgehead atoms. The summed E-state index contributed by atoms with van der Waals surface area (Å²) in [6, 6.07) is 19.7. The van der Waals surface area contributed by atoms with Gasteiger partial charge in [0.25, 0.3) is 0 Å². The number of hydrogen-bond acceptors (Lipinski definition) is 6. The predicted octanol–water partition coefficient (Wildman–Crippen LogP) is 9.24. The van der Waals surface area contributed by atoms with Crippen LogP contribution in [0.5, 0.6) is 17.2 Å². The minimum Gasteiger partial charge on any atom is -0.496 e. The zero-order valence-corrected chi connectivity index (χ0v) is 25.6. The maximum atomic E-state index is 14.6. The van der Waals surface area contributed by atoms with Gasteiger partial charge in [0, 0.05) is 56.4 Å². The normalized spacial score (nSPS) is 11.8. The van der Waals surface area contributed by atoms with Crippen molar-refractivity contribution >= 4 is 44.7 Å². The fraction of sp³-hybridized carbons (Fsp3) is 0.265. The summed E-state index contributed by atoms with van der Waals surface area (Å²) in [5.74, 6) is 0.305. The molecule has 4 aromatic carbocycles. The Bertz CT molecular complexity index is 1790. The van der Waals surface area contributed by atoms with Gasteiger partial charge in [-0.25, -0.2) is 0 Å². The van der Waals surface area contributed by atoms with Crippen molar-refractivity contribution in [2.24, 2.45) is 0 Å². The Kier molecular flexibility index (Phi) is 9.36. The summed E-state index contributed by atoms with van der Waals surface area (Å²) in [6.45, 7) is 5.85. The summed E-state index contributed by atoms with van der Waals surface area (Å²) >= 11 is 6.16. The third kappa shape index (κ3) is 6.34. The maximum Gasteiger partial charge on any atom is 0.420 e. The van der Waals surface area contributed by atoms with E-state index in [0.29, 0.717) is 28.1 Å². The lowest BCUT2D eigenvalue weighted by molar-refractivity contribution is -0.139. The molecule has 0 amide bonds. The van der Waals surface area contributed by atoms with Gasteiger partial charge in [-0.15, -0.1) is 0 Å². The summed E-state index contributed by atoms with van der Waals surface area (Å²) in [5.41, 5.74) is 2.17. The van der Waals surface area contributed by atoms with E-state index in [1.165, 1.54) is 14.2 Å². The minimum atomic E-state index is -4.71. The number of nitrogens with one attached hydrogen (secondary N) is 1. The average Bonchev–Trinajstić information content (AvgIpc) is 3.01. The second-order valence-corrected chi connectivity index (χ2v) is 10.6. The lowest BCUT2D eigenvalue weighted by Crippen LogP contribution is -2.22. The van der Waals surface area contributed by atoms with Gasteiger partial charge >= 0.3 is 6.18 Å². The first-order valence-corrected chi connectivity index (χ1v) is 14.6. The van der Waals surface area contributed by atoms with E-state index in [9.17, 15) is 13.2 Å². The van der Waals surface area contributed by atoms with Crippen molar-refractivity contribution in [1.82, 2.24) is 9.88 Å². The van der Waals surface area contributed by atoms with Crippen LogP contribution in [-0.4, -0.2) is 37.2 Å². The molecule has 0 aliphatic rings. The summed E-state index contributed by atoms with van der Waals surface area (Å²) in [7, 11) is 2.60. The summed E-state index contributed by atoms with van der Waals surface area (Å²) in [4.78, 5) is 6.61. The van der Waals surface area contributed by atoms with Gasteiger partial charge in [-0.1, -0.05) is 49.7 Å². The molecule has 0 atom stereocenters. The van der Waals surface area contributed by atoms with Crippen LogP contribution in [-0.2, 0) is 19.3 Å². The standard InChI is InChI=1S/C34H33ClF3N3O3/c1-5-41(6-2)19-21-17-23(40-28-15-16-39-29-18-22(35)11-13-26(28)29)12-14-30(21)44-20-27-31(34(36,37)38)33(43-4)25-10-8-7-9-24(25)32(27)42-3/h7-18H,5-6,19-20H2,1-4H3,(H,39,40). The molecule has 1 heterocycles. The lowest BCUT2D eigenvalue weighted by Gasteiger charge is -2.24. The molecule has 0 aliphatic heterocycles. The van der Waals surface area contributed by atoms with Gasteiger partial charge in [0.2, 0.25) is 0 Å². The molecule has 10 heteroatoms. The first-order chi connectivity index (χ1) is 21.2. The molecule has 0 radical (unpaired) electrons. The molecular formula is C34H33ClF3N3O3. The molecule has 6 nitrogen and oxygen atoms in total. The molecule has 5 rings (SSSR count). The highest BCUT2D eigenvalue weighted by atomic mass is 35.5. The number of anilines is 2. The number of benzene rings is 4. The Labute approximate surface area is 259 Å². The Hall–Kier alpha value is -4.21. The smallest absolute Gasteiger partial charge is 0.420 e. The van der Waals surface area contributed by atoms with Crippen molar-refractivity contribution in [1.29, 1.82) is 0 Å². The molecule has 0 spiro atoms. The highest BCUT2D eigenvalue weighted by Gasteiger charge is 2.40. The number of nitrogens with zero attached hydrogens (tertiary/aromatic N) is 2. The van der Waals surface area contributed by atoms with Gasteiger partial charge in [0.15, 0.2) is 0 Å². The quantitative estimate of drug-likeness (QED) is 0.158. The number of halogens is 4. The lowest BCUT2D eigenvalue weighted by atomic mass is 9.97. The van der Waals surface area contributed by atoms with Crippen LogP contribution in [0.4, 0.5) is 24.5 Å². The molecule has 1 N–H and O–H groups in total. The number of rotatable bonds is 11. The Balaban J connectivity index is 1.55. The number of ether oxygens (including phenoxy) is 3. The van der Waals surface area contributed by atoms with Crippen LogP contribution in [0.1, 0.15) is 30.5 Å². The maximum absolute atomic E-state index is 14.6. The van der Waals surface area contributed by atoms with Gasteiger partial charge in [-0.2, -0.15) is 13.2 Å². The third-order valence-electron chi connectivity index (χ3n) is 7.62. The van der Waals surface area contributed by atoms with Crippen molar-refractivity contribution in [3.8, 4) is 17.2 Å². The summed E-state index contributed by atoms with van der Waals surface area (Å²) in [5, 5.41) is 5.77. The Morgan fingerprint density at radius 2 is 1.57 bits per heavy atom. The number of alkyl halides is 3. The van der Waals surface area contributed by atoms with Crippen LogP contribution in [0.3, 0.4) is 0 Å². The zero-order valence-electron chi connectivity index (χ0n) is 24.9. The fourth-order valence-electron chi connectivity index (χ4n) is 5.46. The highest BCUT2D eigenvalue weighted by Crippen LogP contribution is 2.48. The number of methoxy groups -OCH3 is 2. The predicted molar refractivity (Wildman–Crippen MR) is 169 cm³/mol. The van der Waals surface area contributed by atoms with Gasteiger partial charge in [0.1, 0.15) is 29.4 Å². The highest BCUT2D eigenvalue weighted by molar-refractivity contribution is 6.31. The van der Waals surface area contributed by atoms with Gasteiger partial charge < -0.3 is 19.5 Å². The zero-order chi connectivity index (χ0) is 31.4. The first-order valence-electron chi connectivity index (χ1n) is 14.2. The van der Waals surface area contributed by atoms with Crippen LogP contribution in [0, 0.1) is 0 Å². The van der Waals surface area contributed by atoms with E-state index in [4.69, 9.17) is 25.8 Å². The minimum absolute atomic E-state index is 0.0990. The van der Waals surface area contributed by atoms with Crippen molar-refractivity contribution in [2.45, 2.75) is 33.2 Å². The molecule has 5 aromatic rings. The molecular weight excluding hydrogens is 591 g/mol. The van der Waals surface area contributed by atoms with Crippen LogP contribution >= 0.6 is 11.6 Å². The molecule has 0 aliphatic carbocycles. The average molecular weight is 624 g/mol. The monoisotopic (exact) mass is 623 g/mol. The Morgan fingerprint density at radius 1 is 0.864 bits per heavy atom. The van der Waals surface area contributed by atoms with Crippen molar-refractivity contribution in [3.63, 3.8) is 0 Å². The second kappa shape index (κ2) is 13.2. The van der Waals surface area contributed by atoms with Crippen LogP contribution in [0.2, 0.25) is 5.02 Å². The molecule has 230 valence electrons. The van der Waals surface area contributed by atoms with E-state index < -0.39 is 11.7 Å². The first kappa shape index (κ1) is 31.2. The largest absolute Gasteiger partial charge is 0.496 e. The van der Waals surface area contributed by atoms with E-state index in [0.717, 1.165) is 40.9 Å². The molecule has 1 aromatic heterocycles. The van der Waals surface area contributed by atoms with Gasteiger partial charge in [0.05, 0.1) is 19.7 Å². The number of pyridine rings is 1. The summed E-state index contributed by atoms with van der Waals surface area (Å²) in [6.07, 6.45) is -3.00. The third-order valence-corrected chi connectivity index (χ3v) is 7.85. The molecule has 0 unspecified atom stereocenters.